The van der Waals surface area contributed by atoms with E-state index in [-0.39, 0.29) is 5.41 Å². The monoisotopic (exact) mass is 336 g/mol. The van der Waals surface area contributed by atoms with Gasteiger partial charge in [-0.3, -0.25) is 10.1 Å². The Hall–Kier alpha value is -2.27. The Morgan fingerprint density at radius 2 is 1.88 bits per heavy atom. The van der Waals surface area contributed by atoms with Crippen molar-refractivity contribution >= 4 is 31.5 Å². The van der Waals surface area contributed by atoms with Gasteiger partial charge in [0.1, 0.15) is 11.5 Å². The largest absolute Gasteiger partial charge is 0.263 e. The molecule has 0 fully saturated rings. The number of aromatic nitrogens is 4. The van der Waals surface area contributed by atoms with E-state index in [0.29, 0.717) is 5.82 Å². The SMILES string of the molecule is Cc1nc(-c2nccc3c2sc2c(CC(C)(C)C)cccc23)n[nH]1. The first-order valence-electron chi connectivity index (χ1n) is 8.11. The van der Waals surface area contributed by atoms with E-state index in [0.717, 1.165) is 22.6 Å². The number of H-pyrrole nitrogens is 1. The molecule has 4 nitrogen and oxygen atoms in total. The molecule has 1 N–H and O–H groups in total. The Bertz CT molecular complexity index is 1040. The summed E-state index contributed by atoms with van der Waals surface area (Å²) in [5.41, 5.74) is 2.52. The summed E-state index contributed by atoms with van der Waals surface area (Å²) < 4.78 is 2.51. The molecule has 5 heteroatoms. The quantitative estimate of drug-likeness (QED) is 0.552. The average Bonchev–Trinajstić information content (AvgIpc) is 3.10. The summed E-state index contributed by atoms with van der Waals surface area (Å²) >= 11 is 1.80. The first-order chi connectivity index (χ1) is 11.4. The lowest BCUT2D eigenvalue weighted by Gasteiger charge is -2.18. The second-order valence-electron chi connectivity index (χ2n) is 7.41. The molecule has 4 rings (SSSR count). The van der Waals surface area contributed by atoms with Gasteiger partial charge in [-0.1, -0.05) is 39.0 Å². The second kappa shape index (κ2) is 5.38. The van der Waals surface area contributed by atoms with Crippen LogP contribution in [-0.2, 0) is 6.42 Å². The molecule has 0 radical (unpaired) electrons. The molecule has 1 aromatic carbocycles. The molecule has 0 unspecified atom stereocenters. The van der Waals surface area contributed by atoms with Crippen molar-refractivity contribution in [1.82, 2.24) is 20.2 Å². The van der Waals surface area contributed by atoms with Gasteiger partial charge in [-0.15, -0.1) is 11.3 Å². The highest BCUT2D eigenvalue weighted by molar-refractivity contribution is 7.26. The zero-order chi connectivity index (χ0) is 16.9. The molecule has 0 saturated carbocycles. The minimum atomic E-state index is 0.256. The van der Waals surface area contributed by atoms with Crippen LogP contribution in [0.1, 0.15) is 32.2 Å². The van der Waals surface area contributed by atoms with Gasteiger partial charge in [-0.05, 0) is 30.4 Å². The molecule has 24 heavy (non-hydrogen) atoms. The van der Waals surface area contributed by atoms with Crippen molar-refractivity contribution in [2.24, 2.45) is 5.41 Å². The maximum atomic E-state index is 4.56. The number of nitrogens with zero attached hydrogens (tertiary/aromatic N) is 3. The Morgan fingerprint density at radius 1 is 1.08 bits per heavy atom. The maximum Gasteiger partial charge on any atom is 0.201 e. The van der Waals surface area contributed by atoms with Gasteiger partial charge in [-0.2, -0.15) is 5.10 Å². The van der Waals surface area contributed by atoms with Gasteiger partial charge in [0.25, 0.3) is 0 Å². The molecular weight excluding hydrogens is 316 g/mol. The van der Waals surface area contributed by atoms with Crippen molar-refractivity contribution in [3.05, 3.63) is 41.9 Å². The Morgan fingerprint density at radius 3 is 2.58 bits per heavy atom. The summed E-state index contributed by atoms with van der Waals surface area (Å²) in [6.45, 7) is 8.75. The predicted molar refractivity (Wildman–Crippen MR) is 100 cm³/mol. The number of pyridine rings is 1. The number of aromatic amines is 1. The Balaban J connectivity index is 1.99. The fourth-order valence-electron chi connectivity index (χ4n) is 3.10. The van der Waals surface area contributed by atoms with Crippen molar-refractivity contribution in [3.63, 3.8) is 0 Å². The summed E-state index contributed by atoms with van der Waals surface area (Å²) in [5, 5.41) is 9.74. The number of nitrogens with one attached hydrogen (secondary N) is 1. The van der Waals surface area contributed by atoms with Crippen molar-refractivity contribution in [3.8, 4) is 11.5 Å². The van der Waals surface area contributed by atoms with Crippen LogP contribution in [0.3, 0.4) is 0 Å². The van der Waals surface area contributed by atoms with E-state index in [9.17, 15) is 0 Å². The van der Waals surface area contributed by atoms with Crippen LogP contribution in [0.2, 0.25) is 0 Å². The van der Waals surface area contributed by atoms with Crippen LogP contribution in [0, 0.1) is 12.3 Å². The topological polar surface area (TPSA) is 54.5 Å². The minimum Gasteiger partial charge on any atom is -0.263 e. The van der Waals surface area contributed by atoms with Crippen molar-refractivity contribution in [2.45, 2.75) is 34.1 Å². The number of rotatable bonds is 2. The Kier molecular flexibility index (Phi) is 3.42. The average molecular weight is 336 g/mol. The van der Waals surface area contributed by atoms with Crippen LogP contribution >= 0.6 is 11.3 Å². The van der Waals surface area contributed by atoms with Crippen molar-refractivity contribution in [2.75, 3.05) is 0 Å². The smallest absolute Gasteiger partial charge is 0.201 e. The molecular formula is C19H20N4S. The molecule has 0 spiro atoms. The van der Waals surface area contributed by atoms with Crippen LogP contribution in [0.25, 0.3) is 31.7 Å². The maximum absolute atomic E-state index is 4.56. The fourth-order valence-corrected chi connectivity index (χ4v) is 4.39. The van der Waals surface area contributed by atoms with E-state index >= 15 is 0 Å². The van der Waals surface area contributed by atoms with Crippen LogP contribution in [0.15, 0.2) is 30.5 Å². The van der Waals surface area contributed by atoms with Gasteiger partial charge in [0.05, 0.1) is 4.70 Å². The summed E-state index contributed by atoms with van der Waals surface area (Å²) in [4.78, 5) is 9.02. The lowest BCUT2D eigenvalue weighted by Crippen LogP contribution is -2.08. The number of hydrogen-bond acceptors (Lipinski definition) is 4. The van der Waals surface area contributed by atoms with Crippen LogP contribution in [-0.4, -0.2) is 20.2 Å². The van der Waals surface area contributed by atoms with Gasteiger partial charge in [0.15, 0.2) is 0 Å². The third kappa shape index (κ3) is 2.59. The van der Waals surface area contributed by atoms with Gasteiger partial charge < -0.3 is 0 Å². The van der Waals surface area contributed by atoms with Crippen molar-refractivity contribution < 1.29 is 0 Å². The Labute approximate surface area is 145 Å². The minimum absolute atomic E-state index is 0.256. The van der Waals surface area contributed by atoms with Crippen molar-refractivity contribution in [1.29, 1.82) is 0 Å². The standard InChI is InChI=1S/C19H20N4S/c1-11-21-18(23-22-11)15-17-14(8-9-20-15)13-7-5-6-12(16(13)24-17)10-19(2,3)4/h5-9H,10H2,1-4H3,(H,21,22,23). The van der Waals surface area contributed by atoms with Gasteiger partial charge in [-0.25, -0.2) is 4.98 Å². The number of thiophene rings is 1. The first-order valence-corrected chi connectivity index (χ1v) is 8.92. The van der Waals surface area contributed by atoms with Crippen LogP contribution in [0.5, 0.6) is 0 Å². The van der Waals surface area contributed by atoms with Crippen LogP contribution < -0.4 is 0 Å². The zero-order valence-electron chi connectivity index (χ0n) is 14.3. The molecule has 0 aliphatic rings. The molecule has 0 saturated heterocycles. The van der Waals surface area contributed by atoms with Gasteiger partial charge >= 0.3 is 0 Å². The predicted octanol–water partition coefficient (Wildman–Crippen LogP) is 5.13. The van der Waals surface area contributed by atoms with Gasteiger partial charge in [0, 0.05) is 21.7 Å². The lowest BCUT2D eigenvalue weighted by molar-refractivity contribution is 0.413. The van der Waals surface area contributed by atoms with E-state index in [1.54, 1.807) is 11.3 Å². The fraction of sp³-hybridized carbons (Fsp3) is 0.316. The molecule has 0 aliphatic heterocycles. The van der Waals surface area contributed by atoms with Gasteiger partial charge in [0.2, 0.25) is 5.82 Å². The molecule has 122 valence electrons. The third-order valence-corrected chi connectivity index (χ3v) is 5.33. The molecule has 3 aromatic heterocycles. The van der Waals surface area contributed by atoms with E-state index in [1.165, 1.54) is 21.0 Å². The number of benzene rings is 1. The molecule has 4 aromatic rings. The lowest BCUT2D eigenvalue weighted by atomic mass is 9.88. The number of fused-ring (bicyclic) bond motifs is 3. The van der Waals surface area contributed by atoms with E-state index in [2.05, 4.69) is 65.2 Å². The normalized spacial score (nSPS) is 12.3. The van der Waals surface area contributed by atoms with Crippen LogP contribution in [0.4, 0.5) is 0 Å². The van der Waals surface area contributed by atoms with E-state index < -0.39 is 0 Å². The highest BCUT2D eigenvalue weighted by Gasteiger charge is 2.18. The highest BCUT2D eigenvalue weighted by Crippen LogP contribution is 2.40. The van der Waals surface area contributed by atoms with E-state index in [1.807, 2.05) is 13.1 Å². The third-order valence-electron chi connectivity index (χ3n) is 4.03. The number of hydrogen-bond donors (Lipinski definition) is 1. The summed E-state index contributed by atoms with van der Waals surface area (Å²) in [6.07, 6.45) is 2.91. The molecule has 0 bridgehead atoms. The summed E-state index contributed by atoms with van der Waals surface area (Å²) in [5.74, 6) is 1.47. The second-order valence-corrected chi connectivity index (χ2v) is 8.43. The highest BCUT2D eigenvalue weighted by atomic mass is 32.1. The molecule has 0 amide bonds. The molecule has 3 heterocycles. The zero-order valence-corrected chi connectivity index (χ0v) is 15.2. The summed E-state index contributed by atoms with van der Waals surface area (Å²) in [7, 11) is 0. The molecule has 0 aliphatic carbocycles. The molecule has 0 atom stereocenters. The van der Waals surface area contributed by atoms with E-state index in [4.69, 9.17) is 0 Å². The first kappa shape index (κ1) is 15.3. The number of aryl methyl sites for hydroxylation is 1. The summed E-state index contributed by atoms with van der Waals surface area (Å²) in [6, 6.07) is 8.70.